The van der Waals surface area contributed by atoms with Crippen molar-refractivity contribution >= 4 is 17.4 Å². The molecular weight excluding hydrogens is 378 g/mol. The number of likely N-dealkylation sites (tertiary alicyclic amines) is 1. The van der Waals surface area contributed by atoms with Gasteiger partial charge in [0, 0.05) is 25.8 Å². The Hall–Kier alpha value is -2.92. The van der Waals surface area contributed by atoms with Gasteiger partial charge in [0.15, 0.2) is 0 Å². The highest BCUT2D eigenvalue weighted by Gasteiger charge is 2.45. The number of methoxy groups -OCH3 is 1. The molecule has 1 aliphatic rings. The van der Waals surface area contributed by atoms with Gasteiger partial charge in [-0.15, -0.1) is 0 Å². The topological polar surface area (TPSA) is 66.8 Å². The van der Waals surface area contributed by atoms with E-state index in [4.69, 9.17) is 4.74 Å². The van der Waals surface area contributed by atoms with Crippen molar-refractivity contribution in [3.63, 3.8) is 0 Å². The molecule has 1 unspecified atom stereocenters. The maximum absolute atomic E-state index is 13.0. The van der Waals surface area contributed by atoms with Crippen molar-refractivity contribution in [2.24, 2.45) is 0 Å². The van der Waals surface area contributed by atoms with E-state index in [1.165, 1.54) is 5.56 Å². The smallest absolute Gasteiger partial charge is 0.295 e. The molecule has 30 heavy (non-hydrogen) atoms. The van der Waals surface area contributed by atoms with Crippen molar-refractivity contribution < 1.29 is 19.4 Å². The molecule has 1 atom stereocenters. The first-order valence-electron chi connectivity index (χ1n) is 10.5. The van der Waals surface area contributed by atoms with Gasteiger partial charge in [0.05, 0.1) is 11.6 Å². The Morgan fingerprint density at radius 2 is 1.53 bits per heavy atom. The molecule has 2 aromatic rings. The standard InChI is InChI=1S/C25H29NO4/c1-4-17-7-11-19(12-8-17)22-21(23(27)20-13-9-18(5-2)10-14-20)24(28)25(29)26(22)15-6-16-30-3/h7-14,22,27H,4-6,15-16H2,1-3H3/b23-21-. The van der Waals surface area contributed by atoms with Gasteiger partial charge in [0.1, 0.15) is 5.76 Å². The van der Waals surface area contributed by atoms with E-state index in [2.05, 4.69) is 13.8 Å². The monoisotopic (exact) mass is 407 g/mol. The lowest BCUT2D eigenvalue weighted by Gasteiger charge is -2.25. The van der Waals surface area contributed by atoms with E-state index in [0.29, 0.717) is 25.1 Å². The first kappa shape index (κ1) is 21.8. The second-order valence-electron chi connectivity index (χ2n) is 7.48. The molecular formula is C25H29NO4. The molecule has 5 heteroatoms. The summed E-state index contributed by atoms with van der Waals surface area (Å²) >= 11 is 0. The number of ether oxygens (including phenoxy) is 1. The molecule has 1 N–H and O–H groups in total. The molecule has 0 bridgehead atoms. The van der Waals surface area contributed by atoms with Crippen molar-refractivity contribution in [3.8, 4) is 0 Å². The number of aliphatic hydroxyl groups excluding tert-OH is 1. The Bertz CT molecular complexity index is 929. The zero-order chi connectivity index (χ0) is 21.7. The number of Topliss-reactive ketones (excluding diaryl/α,β-unsaturated/α-hetero) is 1. The molecule has 1 heterocycles. The number of aliphatic hydroxyl groups is 1. The minimum Gasteiger partial charge on any atom is -0.507 e. The third kappa shape index (κ3) is 4.31. The molecule has 1 fully saturated rings. The third-order valence-corrected chi connectivity index (χ3v) is 5.63. The Kier molecular flexibility index (Phi) is 7.06. The lowest BCUT2D eigenvalue weighted by Crippen LogP contribution is -2.31. The Labute approximate surface area is 178 Å². The van der Waals surface area contributed by atoms with Crippen LogP contribution in [0.1, 0.15) is 48.6 Å². The van der Waals surface area contributed by atoms with Crippen molar-refractivity contribution in [2.45, 2.75) is 39.2 Å². The van der Waals surface area contributed by atoms with Gasteiger partial charge < -0.3 is 14.7 Å². The van der Waals surface area contributed by atoms with Gasteiger partial charge in [-0.3, -0.25) is 9.59 Å². The Balaban J connectivity index is 2.08. The summed E-state index contributed by atoms with van der Waals surface area (Å²) < 4.78 is 5.12. The molecule has 5 nitrogen and oxygen atoms in total. The Morgan fingerprint density at radius 1 is 0.967 bits per heavy atom. The van der Waals surface area contributed by atoms with Crippen LogP contribution in [0.2, 0.25) is 0 Å². The summed E-state index contributed by atoms with van der Waals surface area (Å²) in [5.74, 6) is -1.36. The van der Waals surface area contributed by atoms with Gasteiger partial charge in [0.25, 0.3) is 11.7 Å². The number of aryl methyl sites for hydroxylation is 2. The number of nitrogens with zero attached hydrogens (tertiary/aromatic N) is 1. The maximum atomic E-state index is 13.0. The average Bonchev–Trinajstić information content (AvgIpc) is 3.04. The highest BCUT2D eigenvalue weighted by Crippen LogP contribution is 2.39. The number of rotatable bonds is 8. The predicted molar refractivity (Wildman–Crippen MR) is 117 cm³/mol. The normalized spacial score (nSPS) is 18.2. The molecule has 2 aromatic carbocycles. The summed E-state index contributed by atoms with van der Waals surface area (Å²) in [6, 6.07) is 14.7. The van der Waals surface area contributed by atoms with E-state index < -0.39 is 17.7 Å². The number of carbonyl (C=O) groups excluding carboxylic acids is 2. The van der Waals surface area contributed by atoms with Crippen LogP contribution in [0.25, 0.3) is 5.76 Å². The summed E-state index contributed by atoms with van der Waals surface area (Å²) in [7, 11) is 1.61. The van der Waals surface area contributed by atoms with Crippen LogP contribution in [0.15, 0.2) is 54.1 Å². The van der Waals surface area contributed by atoms with Gasteiger partial charge in [0.2, 0.25) is 0 Å². The third-order valence-electron chi connectivity index (χ3n) is 5.63. The van der Waals surface area contributed by atoms with Crippen molar-refractivity contribution in [1.29, 1.82) is 0 Å². The molecule has 3 rings (SSSR count). The lowest BCUT2D eigenvalue weighted by molar-refractivity contribution is -0.140. The quantitative estimate of drug-likeness (QED) is 0.307. The average molecular weight is 408 g/mol. The fourth-order valence-corrected chi connectivity index (χ4v) is 3.83. The number of ketones is 1. The molecule has 0 saturated carbocycles. The maximum Gasteiger partial charge on any atom is 0.295 e. The molecule has 1 aliphatic heterocycles. The summed E-state index contributed by atoms with van der Waals surface area (Å²) in [5.41, 5.74) is 3.81. The fourth-order valence-electron chi connectivity index (χ4n) is 3.83. The molecule has 0 aromatic heterocycles. The van der Waals surface area contributed by atoms with Crippen molar-refractivity contribution in [3.05, 3.63) is 76.4 Å². The van der Waals surface area contributed by atoms with Crippen LogP contribution in [0.4, 0.5) is 0 Å². The predicted octanol–water partition coefficient (Wildman–Crippen LogP) is 4.27. The number of carbonyl (C=O) groups is 2. The van der Waals surface area contributed by atoms with Gasteiger partial charge in [-0.1, -0.05) is 62.4 Å². The molecule has 158 valence electrons. The first-order valence-corrected chi connectivity index (χ1v) is 10.5. The molecule has 1 amide bonds. The summed E-state index contributed by atoms with van der Waals surface area (Å²) in [6.07, 6.45) is 2.39. The van der Waals surface area contributed by atoms with Crippen molar-refractivity contribution in [2.75, 3.05) is 20.3 Å². The van der Waals surface area contributed by atoms with E-state index in [9.17, 15) is 14.7 Å². The zero-order valence-corrected chi connectivity index (χ0v) is 17.9. The number of benzene rings is 2. The van der Waals surface area contributed by atoms with Crippen LogP contribution in [0.5, 0.6) is 0 Å². The molecule has 1 saturated heterocycles. The van der Waals surface area contributed by atoms with E-state index >= 15 is 0 Å². The van der Waals surface area contributed by atoms with E-state index in [1.807, 2.05) is 36.4 Å². The van der Waals surface area contributed by atoms with Crippen LogP contribution in [-0.4, -0.2) is 42.0 Å². The van der Waals surface area contributed by atoms with Crippen molar-refractivity contribution in [1.82, 2.24) is 4.90 Å². The molecule has 0 aliphatic carbocycles. The van der Waals surface area contributed by atoms with Gasteiger partial charge in [-0.25, -0.2) is 0 Å². The molecule has 0 spiro atoms. The van der Waals surface area contributed by atoms with E-state index in [-0.39, 0.29) is 11.3 Å². The number of amides is 1. The van der Waals surface area contributed by atoms with Gasteiger partial charge >= 0.3 is 0 Å². The molecule has 0 radical (unpaired) electrons. The van der Waals surface area contributed by atoms with Gasteiger partial charge in [-0.2, -0.15) is 0 Å². The summed E-state index contributed by atoms with van der Waals surface area (Å²) in [5, 5.41) is 11.0. The van der Waals surface area contributed by atoms with E-state index in [1.54, 1.807) is 24.1 Å². The minimum atomic E-state index is -0.644. The fraction of sp³-hybridized carbons (Fsp3) is 0.360. The van der Waals surface area contributed by atoms with E-state index in [0.717, 1.165) is 24.0 Å². The van der Waals surface area contributed by atoms with Crippen LogP contribution in [0.3, 0.4) is 0 Å². The highest BCUT2D eigenvalue weighted by molar-refractivity contribution is 6.46. The zero-order valence-electron chi connectivity index (χ0n) is 17.9. The second kappa shape index (κ2) is 9.72. The van der Waals surface area contributed by atoms with Crippen LogP contribution in [0, 0.1) is 0 Å². The van der Waals surface area contributed by atoms with Crippen LogP contribution in [-0.2, 0) is 27.2 Å². The summed E-state index contributed by atoms with van der Waals surface area (Å²) in [6.45, 7) is 5.00. The first-order chi connectivity index (χ1) is 14.5. The largest absolute Gasteiger partial charge is 0.507 e. The number of hydrogen-bond acceptors (Lipinski definition) is 4. The highest BCUT2D eigenvalue weighted by atomic mass is 16.5. The number of hydrogen-bond donors (Lipinski definition) is 1. The second-order valence-corrected chi connectivity index (χ2v) is 7.48. The lowest BCUT2D eigenvalue weighted by atomic mass is 9.94. The minimum absolute atomic E-state index is 0.130. The van der Waals surface area contributed by atoms with Crippen LogP contribution < -0.4 is 0 Å². The Morgan fingerprint density at radius 3 is 2.07 bits per heavy atom. The SMILES string of the molecule is CCc1ccc(/C(O)=C2/C(=O)C(=O)N(CCCOC)C2c2ccc(CC)cc2)cc1. The van der Waals surface area contributed by atoms with Crippen LogP contribution >= 0.6 is 0 Å². The van der Waals surface area contributed by atoms with Gasteiger partial charge in [-0.05, 0) is 36.0 Å². The summed E-state index contributed by atoms with van der Waals surface area (Å²) in [4.78, 5) is 27.3.